The Hall–Kier alpha value is -2.08. The Labute approximate surface area is 141 Å². The lowest BCUT2D eigenvalue weighted by Crippen LogP contribution is -2.34. The SMILES string of the molecule is C[C](c1ccc(N)cc1)c1csc(N(C)C(=O)OC(C)(C)C)n1. The average molecular weight is 332 g/mol. The van der Waals surface area contributed by atoms with Gasteiger partial charge in [-0.05, 0) is 45.4 Å². The van der Waals surface area contributed by atoms with Gasteiger partial charge in [0.25, 0.3) is 0 Å². The second-order valence-electron chi connectivity index (χ2n) is 6.30. The monoisotopic (exact) mass is 332 g/mol. The van der Waals surface area contributed by atoms with Crippen molar-refractivity contribution in [3.05, 3.63) is 46.8 Å². The summed E-state index contributed by atoms with van der Waals surface area (Å²) < 4.78 is 5.35. The van der Waals surface area contributed by atoms with Gasteiger partial charge in [0, 0.05) is 18.1 Å². The Kier molecular flexibility index (Phi) is 4.94. The van der Waals surface area contributed by atoms with Crippen molar-refractivity contribution < 1.29 is 9.53 Å². The maximum atomic E-state index is 12.1. The van der Waals surface area contributed by atoms with Crippen LogP contribution in [0, 0.1) is 5.92 Å². The fraction of sp³-hybridized carbons (Fsp3) is 0.353. The number of carbonyl (C=O) groups excluding carboxylic acids is 1. The minimum atomic E-state index is -0.530. The van der Waals surface area contributed by atoms with E-state index in [2.05, 4.69) is 4.98 Å². The van der Waals surface area contributed by atoms with Crippen LogP contribution in [0.25, 0.3) is 0 Å². The fourth-order valence-electron chi connectivity index (χ4n) is 1.88. The number of carbonyl (C=O) groups is 1. The lowest BCUT2D eigenvalue weighted by Gasteiger charge is -2.23. The summed E-state index contributed by atoms with van der Waals surface area (Å²) in [6, 6.07) is 7.64. The van der Waals surface area contributed by atoms with Crippen LogP contribution in [0.15, 0.2) is 29.6 Å². The fourth-order valence-corrected chi connectivity index (χ4v) is 2.71. The zero-order chi connectivity index (χ0) is 17.2. The number of anilines is 2. The number of hydrogen-bond donors (Lipinski definition) is 1. The van der Waals surface area contributed by atoms with Crippen LogP contribution >= 0.6 is 11.3 Å². The summed E-state index contributed by atoms with van der Waals surface area (Å²) in [5.41, 5.74) is 7.80. The van der Waals surface area contributed by atoms with E-state index in [0.717, 1.165) is 22.9 Å². The lowest BCUT2D eigenvalue weighted by molar-refractivity contribution is 0.0589. The summed E-state index contributed by atoms with van der Waals surface area (Å²) in [6.45, 7) is 7.51. The van der Waals surface area contributed by atoms with Crippen LogP contribution in [0.1, 0.15) is 39.0 Å². The van der Waals surface area contributed by atoms with E-state index in [-0.39, 0.29) is 0 Å². The molecule has 0 aliphatic carbocycles. The van der Waals surface area contributed by atoms with E-state index in [0.29, 0.717) is 5.13 Å². The van der Waals surface area contributed by atoms with E-state index in [1.165, 1.54) is 16.2 Å². The molecule has 0 saturated heterocycles. The van der Waals surface area contributed by atoms with E-state index < -0.39 is 11.7 Å². The van der Waals surface area contributed by atoms with Gasteiger partial charge in [0.15, 0.2) is 5.13 Å². The summed E-state index contributed by atoms with van der Waals surface area (Å²) in [5, 5.41) is 2.53. The van der Waals surface area contributed by atoms with E-state index >= 15 is 0 Å². The Morgan fingerprint density at radius 3 is 2.43 bits per heavy atom. The molecule has 1 aromatic carbocycles. The Bertz CT molecular complexity index is 674. The molecule has 1 heterocycles. The molecule has 0 saturated carbocycles. The Balaban J connectivity index is 2.13. The third kappa shape index (κ3) is 4.45. The van der Waals surface area contributed by atoms with Crippen LogP contribution in [0.2, 0.25) is 0 Å². The summed E-state index contributed by atoms with van der Waals surface area (Å²) in [4.78, 5) is 18.1. The van der Waals surface area contributed by atoms with Gasteiger partial charge >= 0.3 is 6.09 Å². The van der Waals surface area contributed by atoms with Gasteiger partial charge in [-0.25, -0.2) is 9.78 Å². The minimum absolute atomic E-state index is 0.413. The molecule has 0 fully saturated rings. The molecule has 0 aliphatic heterocycles. The quantitative estimate of drug-likeness (QED) is 0.860. The van der Waals surface area contributed by atoms with Crippen molar-refractivity contribution in [3.8, 4) is 0 Å². The normalized spacial score (nSPS) is 11.6. The highest BCUT2D eigenvalue weighted by molar-refractivity contribution is 7.14. The number of hydrogen-bond acceptors (Lipinski definition) is 5. The molecule has 23 heavy (non-hydrogen) atoms. The maximum absolute atomic E-state index is 12.1. The molecule has 1 radical (unpaired) electrons. The highest BCUT2D eigenvalue weighted by Gasteiger charge is 2.23. The van der Waals surface area contributed by atoms with Gasteiger partial charge in [0.2, 0.25) is 0 Å². The van der Waals surface area contributed by atoms with Crippen molar-refractivity contribution in [1.29, 1.82) is 0 Å². The molecular weight excluding hydrogens is 310 g/mol. The molecule has 1 aromatic heterocycles. The predicted octanol–water partition coefficient (Wildman–Crippen LogP) is 4.09. The summed E-state index contributed by atoms with van der Waals surface area (Å²) in [5.74, 6) is 1.03. The van der Waals surface area contributed by atoms with Crippen LogP contribution in [-0.2, 0) is 4.74 Å². The smallest absolute Gasteiger partial charge is 0.416 e. The molecule has 0 bridgehead atoms. The molecule has 6 heteroatoms. The summed E-state index contributed by atoms with van der Waals surface area (Å²) in [6.07, 6.45) is -0.413. The molecule has 2 aromatic rings. The maximum Gasteiger partial charge on any atom is 0.416 e. The van der Waals surface area contributed by atoms with Crippen LogP contribution in [0.3, 0.4) is 0 Å². The Morgan fingerprint density at radius 1 is 1.26 bits per heavy atom. The van der Waals surface area contributed by atoms with Crippen molar-refractivity contribution in [1.82, 2.24) is 4.98 Å². The number of aromatic nitrogens is 1. The number of thiazole rings is 1. The largest absolute Gasteiger partial charge is 0.443 e. The molecule has 0 spiro atoms. The van der Waals surface area contributed by atoms with E-state index in [1.54, 1.807) is 7.05 Å². The zero-order valence-electron chi connectivity index (χ0n) is 14.1. The standard InChI is InChI=1S/C17H22N3O2S/c1-11(12-6-8-13(18)9-7-12)14-10-23-15(19-14)20(5)16(21)22-17(2,3)4/h6-10H,18H2,1-5H3. The Morgan fingerprint density at radius 2 is 1.87 bits per heavy atom. The number of nitrogens with zero attached hydrogens (tertiary/aromatic N) is 2. The topological polar surface area (TPSA) is 68.5 Å². The number of nitrogen functional groups attached to an aromatic ring is 1. The van der Waals surface area contributed by atoms with Gasteiger partial charge < -0.3 is 10.5 Å². The third-order valence-electron chi connectivity index (χ3n) is 3.17. The lowest BCUT2D eigenvalue weighted by atomic mass is 9.98. The molecular formula is C17H22N3O2S. The van der Waals surface area contributed by atoms with Gasteiger partial charge in [0.05, 0.1) is 11.6 Å². The second kappa shape index (κ2) is 6.58. The number of benzene rings is 1. The van der Waals surface area contributed by atoms with Gasteiger partial charge in [-0.1, -0.05) is 12.1 Å². The molecule has 0 aliphatic rings. The van der Waals surface area contributed by atoms with Gasteiger partial charge in [-0.15, -0.1) is 11.3 Å². The molecule has 0 unspecified atom stereocenters. The summed E-state index contributed by atoms with van der Waals surface area (Å²) in [7, 11) is 1.66. The highest BCUT2D eigenvalue weighted by atomic mass is 32.1. The minimum Gasteiger partial charge on any atom is -0.443 e. The second-order valence-corrected chi connectivity index (χ2v) is 7.14. The predicted molar refractivity (Wildman–Crippen MR) is 94.7 cm³/mol. The van der Waals surface area contributed by atoms with E-state index in [9.17, 15) is 4.79 Å². The van der Waals surface area contributed by atoms with Crippen molar-refractivity contribution in [2.75, 3.05) is 17.7 Å². The molecule has 1 amide bonds. The zero-order valence-corrected chi connectivity index (χ0v) is 14.9. The van der Waals surface area contributed by atoms with Crippen LogP contribution < -0.4 is 10.6 Å². The molecule has 123 valence electrons. The number of amides is 1. The first-order valence-electron chi connectivity index (χ1n) is 7.29. The highest BCUT2D eigenvalue weighted by Crippen LogP contribution is 2.29. The van der Waals surface area contributed by atoms with Crippen molar-refractivity contribution in [2.45, 2.75) is 33.3 Å². The molecule has 0 atom stereocenters. The number of rotatable bonds is 3. The third-order valence-corrected chi connectivity index (χ3v) is 4.09. The van der Waals surface area contributed by atoms with Crippen molar-refractivity contribution in [2.24, 2.45) is 0 Å². The first kappa shape index (κ1) is 17.3. The van der Waals surface area contributed by atoms with Crippen LogP contribution in [-0.4, -0.2) is 23.7 Å². The molecule has 2 N–H and O–H groups in total. The first-order chi connectivity index (χ1) is 10.7. The van der Waals surface area contributed by atoms with Gasteiger partial charge in [-0.3, -0.25) is 4.90 Å². The van der Waals surface area contributed by atoms with Crippen LogP contribution in [0.5, 0.6) is 0 Å². The van der Waals surface area contributed by atoms with E-state index in [1.807, 2.05) is 57.3 Å². The van der Waals surface area contributed by atoms with Gasteiger partial charge in [0.1, 0.15) is 5.60 Å². The van der Waals surface area contributed by atoms with Crippen molar-refractivity contribution >= 4 is 28.2 Å². The molecule has 2 rings (SSSR count). The average Bonchev–Trinajstić information content (AvgIpc) is 2.94. The van der Waals surface area contributed by atoms with E-state index in [4.69, 9.17) is 10.5 Å². The first-order valence-corrected chi connectivity index (χ1v) is 8.17. The number of nitrogens with two attached hydrogens (primary N) is 1. The number of ether oxygens (including phenoxy) is 1. The summed E-state index contributed by atoms with van der Waals surface area (Å²) >= 11 is 1.41. The van der Waals surface area contributed by atoms with Gasteiger partial charge in [-0.2, -0.15) is 0 Å². The molecule has 5 nitrogen and oxygen atoms in total. The van der Waals surface area contributed by atoms with Crippen LogP contribution in [0.4, 0.5) is 15.6 Å². The van der Waals surface area contributed by atoms with Crippen molar-refractivity contribution in [3.63, 3.8) is 0 Å².